The van der Waals surface area contributed by atoms with E-state index in [1.165, 1.54) is 18.4 Å². The first kappa shape index (κ1) is 21.3. The van der Waals surface area contributed by atoms with E-state index >= 15 is 0 Å². The molecular formula is C23H32N6O2. The van der Waals surface area contributed by atoms with Crippen molar-refractivity contribution >= 4 is 11.9 Å². The molecule has 2 aliphatic rings. The van der Waals surface area contributed by atoms with Crippen LogP contribution < -0.4 is 10.6 Å². The van der Waals surface area contributed by atoms with E-state index < -0.39 is 0 Å². The summed E-state index contributed by atoms with van der Waals surface area (Å²) in [4.78, 5) is 26.9. The van der Waals surface area contributed by atoms with Gasteiger partial charge < -0.3 is 15.5 Å². The van der Waals surface area contributed by atoms with Gasteiger partial charge in [0.25, 0.3) is 5.91 Å². The van der Waals surface area contributed by atoms with Crippen LogP contribution in [0.15, 0.2) is 36.5 Å². The highest BCUT2D eigenvalue weighted by molar-refractivity contribution is 5.91. The lowest BCUT2D eigenvalue weighted by Crippen LogP contribution is -2.49. The van der Waals surface area contributed by atoms with E-state index in [4.69, 9.17) is 0 Å². The smallest absolute Gasteiger partial charge is 0.317 e. The molecule has 1 aliphatic heterocycles. The largest absolute Gasteiger partial charge is 0.350 e. The number of hydrogen-bond donors (Lipinski definition) is 2. The van der Waals surface area contributed by atoms with Crippen molar-refractivity contribution in [2.24, 2.45) is 5.92 Å². The van der Waals surface area contributed by atoms with Gasteiger partial charge in [-0.1, -0.05) is 35.5 Å². The van der Waals surface area contributed by atoms with Crippen LogP contribution in [0, 0.1) is 5.92 Å². The van der Waals surface area contributed by atoms with Crippen LogP contribution in [0.2, 0.25) is 0 Å². The predicted octanol–water partition coefficient (Wildman–Crippen LogP) is 2.61. The number of aryl methyl sites for hydroxylation is 1. The average molecular weight is 425 g/mol. The standard InChI is InChI=1S/C23H32N6O2/c30-22(25-16-19-9-10-19)21-17-28(27-26-21)15-12-20-8-4-5-14-29(20)23(31)24-13-11-18-6-2-1-3-7-18/h1-3,6-7,17,19-20H,4-5,8-16H2,(H,24,31)(H,25,30). The summed E-state index contributed by atoms with van der Waals surface area (Å²) in [5.74, 6) is 0.477. The van der Waals surface area contributed by atoms with Crippen LogP contribution in [-0.4, -0.2) is 57.5 Å². The molecule has 1 aromatic carbocycles. The summed E-state index contributed by atoms with van der Waals surface area (Å²) in [6.07, 6.45) is 8.90. The van der Waals surface area contributed by atoms with Crippen LogP contribution in [0.5, 0.6) is 0 Å². The highest BCUT2D eigenvalue weighted by atomic mass is 16.2. The second-order valence-electron chi connectivity index (χ2n) is 8.62. The third-order valence-electron chi connectivity index (χ3n) is 6.13. The van der Waals surface area contributed by atoms with Gasteiger partial charge >= 0.3 is 6.03 Å². The lowest BCUT2D eigenvalue weighted by molar-refractivity contribution is 0.0946. The fourth-order valence-electron chi connectivity index (χ4n) is 4.07. The molecule has 0 radical (unpaired) electrons. The summed E-state index contributed by atoms with van der Waals surface area (Å²) in [6, 6.07) is 10.4. The molecule has 31 heavy (non-hydrogen) atoms. The van der Waals surface area contributed by atoms with Gasteiger partial charge in [-0.05, 0) is 56.4 Å². The lowest BCUT2D eigenvalue weighted by atomic mass is 10.00. The maximum absolute atomic E-state index is 12.8. The van der Waals surface area contributed by atoms with Crippen molar-refractivity contribution in [2.75, 3.05) is 19.6 Å². The first-order valence-corrected chi connectivity index (χ1v) is 11.5. The van der Waals surface area contributed by atoms with E-state index in [0.29, 0.717) is 24.7 Å². The molecule has 1 unspecified atom stereocenters. The molecular weight excluding hydrogens is 392 g/mol. The molecule has 8 nitrogen and oxygen atoms in total. The maximum atomic E-state index is 12.8. The van der Waals surface area contributed by atoms with Crippen molar-refractivity contribution in [3.8, 4) is 0 Å². The minimum absolute atomic E-state index is 0.0133. The molecule has 3 amide bonds. The van der Waals surface area contributed by atoms with E-state index in [1.807, 2.05) is 23.1 Å². The molecule has 1 aromatic heterocycles. The fraction of sp³-hybridized carbons (Fsp3) is 0.565. The van der Waals surface area contributed by atoms with Gasteiger partial charge in [-0.2, -0.15) is 0 Å². The van der Waals surface area contributed by atoms with Crippen molar-refractivity contribution in [1.29, 1.82) is 0 Å². The zero-order valence-corrected chi connectivity index (χ0v) is 18.0. The van der Waals surface area contributed by atoms with Crippen molar-refractivity contribution in [2.45, 2.75) is 57.5 Å². The first-order chi connectivity index (χ1) is 15.2. The van der Waals surface area contributed by atoms with Gasteiger partial charge in [-0.25, -0.2) is 4.79 Å². The third-order valence-corrected chi connectivity index (χ3v) is 6.13. The maximum Gasteiger partial charge on any atom is 0.317 e. The highest BCUT2D eigenvalue weighted by Gasteiger charge is 2.27. The van der Waals surface area contributed by atoms with Gasteiger partial charge in [0.15, 0.2) is 5.69 Å². The van der Waals surface area contributed by atoms with E-state index in [0.717, 1.165) is 45.2 Å². The lowest BCUT2D eigenvalue weighted by Gasteiger charge is -2.35. The number of carbonyl (C=O) groups is 2. The van der Waals surface area contributed by atoms with E-state index in [1.54, 1.807) is 10.9 Å². The Kier molecular flexibility index (Phi) is 7.17. The fourth-order valence-corrected chi connectivity index (χ4v) is 4.07. The molecule has 1 atom stereocenters. The third kappa shape index (κ3) is 6.29. The molecule has 166 valence electrons. The topological polar surface area (TPSA) is 92.2 Å². The molecule has 0 bridgehead atoms. The van der Waals surface area contributed by atoms with Crippen molar-refractivity contribution in [3.63, 3.8) is 0 Å². The second-order valence-corrected chi connectivity index (χ2v) is 8.62. The molecule has 1 saturated carbocycles. The zero-order valence-electron chi connectivity index (χ0n) is 18.0. The first-order valence-electron chi connectivity index (χ1n) is 11.5. The van der Waals surface area contributed by atoms with E-state index in [-0.39, 0.29) is 18.0 Å². The van der Waals surface area contributed by atoms with Crippen LogP contribution in [0.25, 0.3) is 0 Å². The molecule has 8 heteroatoms. The molecule has 1 saturated heterocycles. The Morgan fingerprint density at radius 2 is 1.90 bits per heavy atom. The summed E-state index contributed by atoms with van der Waals surface area (Å²) in [6.45, 7) is 2.78. The Labute approximate surface area is 183 Å². The minimum atomic E-state index is -0.157. The summed E-state index contributed by atoms with van der Waals surface area (Å²) in [5, 5.41) is 14.1. The molecule has 4 rings (SSSR count). The molecule has 2 N–H and O–H groups in total. The van der Waals surface area contributed by atoms with Crippen LogP contribution in [-0.2, 0) is 13.0 Å². The van der Waals surface area contributed by atoms with Gasteiger partial charge in [-0.15, -0.1) is 5.10 Å². The van der Waals surface area contributed by atoms with Crippen molar-refractivity contribution in [3.05, 3.63) is 47.8 Å². The molecule has 0 spiro atoms. The minimum Gasteiger partial charge on any atom is -0.350 e. The molecule has 2 aromatic rings. The number of hydrogen-bond acceptors (Lipinski definition) is 4. The molecule has 2 heterocycles. The highest BCUT2D eigenvalue weighted by Crippen LogP contribution is 2.27. The molecule has 1 aliphatic carbocycles. The summed E-state index contributed by atoms with van der Waals surface area (Å²) in [7, 11) is 0. The number of nitrogens with one attached hydrogen (secondary N) is 2. The number of benzene rings is 1. The Bertz CT molecular complexity index is 864. The van der Waals surface area contributed by atoms with E-state index in [9.17, 15) is 9.59 Å². The quantitative estimate of drug-likeness (QED) is 0.647. The van der Waals surface area contributed by atoms with Gasteiger partial charge in [0, 0.05) is 32.2 Å². The number of urea groups is 1. The van der Waals surface area contributed by atoms with E-state index in [2.05, 4.69) is 33.1 Å². The number of aromatic nitrogens is 3. The number of rotatable bonds is 9. The van der Waals surface area contributed by atoms with Crippen LogP contribution in [0.1, 0.15) is 54.6 Å². The molecule has 2 fully saturated rings. The Morgan fingerprint density at radius 1 is 1.06 bits per heavy atom. The summed E-state index contributed by atoms with van der Waals surface area (Å²) >= 11 is 0. The van der Waals surface area contributed by atoms with Gasteiger partial charge in [-0.3, -0.25) is 9.48 Å². The average Bonchev–Trinajstić information content (AvgIpc) is 3.52. The zero-order chi connectivity index (χ0) is 21.5. The van der Waals surface area contributed by atoms with Crippen molar-refractivity contribution in [1.82, 2.24) is 30.5 Å². The summed E-state index contributed by atoms with van der Waals surface area (Å²) in [5.41, 5.74) is 1.58. The van der Waals surface area contributed by atoms with Gasteiger partial charge in [0.2, 0.25) is 0 Å². The Hall–Kier alpha value is -2.90. The Morgan fingerprint density at radius 3 is 2.71 bits per heavy atom. The normalized spacial score (nSPS) is 18.6. The number of likely N-dealkylation sites (tertiary alicyclic amines) is 1. The Balaban J connectivity index is 1.23. The van der Waals surface area contributed by atoms with Crippen LogP contribution in [0.3, 0.4) is 0 Å². The number of nitrogens with zero attached hydrogens (tertiary/aromatic N) is 4. The van der Waals surface area contributed by atoms with Gasteiger partial charge in [0.1, 0.15) is 0 Å². The second kappa shape index (κ2) is 10.4. The van der Waals surface area contributed by atoms with Crippen LogP contribution in [0.4, 0.5) is 4.79 Å². The predicted molar refractivity (Wildman–Crippen MR) is 118 cm³/mol. The monoisotopic (exact) mass is 424 g/mol. The van der Waals surface area contributed by atoms with Gasteiger partial charge in [0.05, 0.1) is 6.20 Å². The number of carbonyl (C=O) groups excluding carboxylic acids is 2. The SMILES string of the molecule is O=C(NCC1CC1)c1cn(CCC2CCCCN2C(=O)NCCc2ccccc2)nn1. The number of piperidine rings is 1. The van der Waals surface area contributed by atoms with Crippen molar-refractivity contribution < 1.29 is 9.59 Å². The summed E-state index contributed by atoms with van der Waals surface area (Å²) < 4.78 is 1.71. The number of amides is 3. The van der Waals surface area contributed by atoms with Crippen LogP contribution >= 0.6 is 0 Å².